The molecule has 9 heteroatoms. The minimum absolute atomic E-state index is 0.0462. The van der Waals surface area contributed by atoms with E-state index in [-0.39, 0.29) is 11.9 Å². The van der Waals surface area contributed by atoms with E-state index in [9.17, 15) is 4.79 Å². The van der Waals surface area contributed by atoms with Crippen LogP contribution >= 0.6 is 23.5 Å². The summed E-state index contributed by atoms with van der Waals surface area (Å²) in [6.07, 6.45) is 7.69. The van der Waals surface area contributed by atoms with Crippen LogP contribution in [-0.2, 0) is 4.79 Å². The molecule has 0 spiro atoms. The molecule has 0 saturated heterocycles. The van der Waals surface area contributed by atoms with E-state index in [1.807, 2.05) is 13.0 Å². The van der Waals surface area contributed by atoms with Crippen molar-refractivity contribution in [3.63, 3.8) is 0 Å². The summed E-state index contributed by atoms with van der Waals surface area (Å²) in [6, 6.07) is 2.09. The summed E-state index contributed by atoms with van der Waals surface area (Å²) >= 11 is 3.09. The molecular formula is C15H20N6OS2. The van der Waals surface area contributed by atoms with Crippen molar-refractivity contribution < 1.29 is 4.79 Å². The van der Waals surface area contributed by atoms with E-state index >= 15 is 0 Å². The highest BCUT2D eigenvalue weighted by molar-refractivity contribution is 8.00. The van der Waals surface area contributed by atoms with Crippen molar-refractivity contribution in [1.29, 1.82) is 0 Å². The Hall–Kier alpha value is -1.61. The fourth-order valence-electron chi connectivity index (χ4n) is 2.61. The number of aromatic nitrogens is 5. The smallest absolute Gasteiger partial charge is 0.230 e. The Morgan fingerprint density at radius 1 is 1.25 bits per heavy atom. The van der Waals surface area contributed by atoms with E-state index in [0.29, 0.717) is 16.2 Å². The molecule has 24 heavy (non-hydrogen) atoms. The van der Waals surface area contributed by atoms with Gasteiger partial charge >= 0.3 is 0 Å². The van der Waals surface area contributed by atoms with Crippen LogP contribution in [0.25, 0.3) is 0 Å². The third-order valence-electron chi connectivity index (χ3n) is 3.76. The van der Waals surface area contributed by atoms with Crippen LogP contribution in [0.4, 0.5) is 0 Å². The Balaban J connectivity index is 1.36. The van der Waals surface area contributed by atoms with E-state index in [2.05, 4.69) is 30.5 Å². The van der Waals surface area contributed by atoms with Crippen LogP contribution in [0.3, 0.4) is 0 Å². The molecule has 2 heterocycles. The van der Waals surface area contributed by atoms with Gasteiger partial charge in [0.05, 0.1) is 5.75 Å². The Bertz CT molecular complexity index is 657. The van der Waals surface area contributed by atoms with E-state index in [1.54, 1.807) is 24.2 Å². The number of carbonyl (C=O) groups excluding carboxylic acids is 1. The van der Waals surface area contributed by atoms with Gasteiger partial charge < -0.3 is 5.32 Å². The maximum atomic E-state index is 12.0. The number of nitrogens with zero attached hydrogens (tertiary/aromatic N) is 4. The monoisotopic (exact) mass is 364 g/mol. The van der Waals surface area contributed by atoms with Gasteiger partial charge in [-0.2, -0.15) is 0 Å². The molecule has 1 saturated carbocycles. The van der Waals surface area contributed by atoms with Crippen molar-refractivity contribution >= 4 is 29.4 Å². The quantitative estimate of drug-likeness (QED) is 0.599. The third-order valence-corrected chi connectivity index (χ3v) is 5.84. The zero-order valence-electron chi connectivity index (χ0n) is 13.4. The molecular weight excluding hydrogens is 344 g/mol. The van der Waals surface area contributed by atoms with Crippen LogP contribution in [-0.4, -0.2) is 48.1 Å². The van der Waals surface area contributed by atoms with Crippen LogP contribution in [0, 0.1) is 6.92 Å². The first kappa shape index (κ1) is 17.2. The summed E-state index contributed by atoms with van der Waals surface area (Å²) in [4.78, 5) is 24.7. The number of rotatable bonds is 6. The molecule has 1 aliphatic carbocycles. The highest BCUT2D eigenvalue weighted by Crippen LogP contribution is 2.31. The average Bonchev–Trinajstić information content (AvgIpc) is 3.01. The standard InChI is InChI=1S/C15H20N6OS2/c1-10-18-15(21-20-10)23-9-13(22)19-11-3-5-12(6-4-11)24-14-16-7-2-8-17-14/h2,7-8,11-12H,3-6,9H2,1H3,(H,19,22)(H,18,20,21). The highest BCUT2D eigenvalue weighted by Gasteiger charge is 2.23. The number of nitrogens with one attached hydrogen (secondary N) is 2. The zero-order valence-corrected chi connectivity index (χ0v) is 15.1. The van der Waals surface area contributed by atoms with Gasteiger partial charge in [0.25, 0.3) is 0 Å². The van der Waals surface area contributed by atoms with Gasteiger partial charge in [0.1, 0.15) is 5.82 Å². The van der Waals surface area contributed by atoms with Gasteiger partial charge in [0.15, 0.2) is 5.16 Å². The van der Waals surface area contributed by atoms with Gasteiger partial charge in [-0.05, 0) is 38.7 Å². The van der Waals surface area contributed by atoms with E-state index < -0.39 is 0 Å². The fourth-order valence-corrected chi connectivity index (χ4v) is 4.31. The summed E-state index contributed by atoms with van der Waals surface area (Å²) in [5.41, 5.74) is 0. The molecule has 7 nitrogen and oxygen atoms in total. The van der Waals surface area contributed by atoms with E-state index in [1.165, 1.54) is 11.8 Å². The van der Waals surface area contributed by atoms with E-state index in [0.717, 1.165) is 36.7 Å². The lowest BCUT2D eigenvalue weighted by molar-refractivity contribution is -0.119. The Kier molecular flexibility index (Phi) is 6.08. The zero-order chi connectivity index (χ0) is 16.8. The first-order chi connectivity index (χ1) is 11.7. The van der Waals surface area contributed by atoms with Gasteiger partial charge in [-0.1, -0.05) is 23.5 Å². The molecule has 0 atom stereocenters. The Morgan fingerprint density at radius 2 is 2.00 bits per heavy atom. The molecule has 1 aliphatic rings. The van der Waals surface area contributed by atoms with Crippen molar-refractivity contribution in [2.24, 2.45) is 0 Å². The summed E-state index contributed by atoms with van der Waals surface area (Å²) in [6.45, 7) is 1.84. The maximum absolute atomic E-state index is 12.0. The summed E-state index contributed by atoms with van der Waals surface area (Å²) in [5, 5.41) is 11.9. The molecule has 1 amide bonds. The lowest BCUT2D eigenvalue weighted by Gasteiger charge is -2.28. The van der Waals surface area contributed by atoms with Crippen molar-refractivity contribution in [3.05, 3.63) is 24.3 Å². The SMILES string of the molecule is Cc1nc(SCC(=O)NC2CCC(Sc3ncccn3)CC2)n[nH]1. The predicted octanol–water partition coefficient (Wildman–Crippen LogP) is 2.21. The largest absolute Gasteiger partial charge is 0.353 e. The van der Waals surface area contributed by atoms with Crippen LogP contribution in [0.2, 0.25) is 0 Å². The molecule has 0 radical (unpaired) electrons. The normalized spacial score (nSPS) is 20.7. The predicted molar refractivity (Wildman–Crippen MR) is 93.9 cm³/mol. The van der Waals surface area contributed by atoms with Crippen molar-refractivity contribution in [1.82, 2.24) is 30.5 Å². The van der Waals surface area contributed by atoms with Crippen molar-refractivity contribution in [3.8, 4) is 0 Å². The van der Waals surface area contributed by atoms with E-state index in [4.69, 9.17) is 0 Å². The lowest BCUT2D eigenvalue weighted by atomic mass is 9.95. The van der Waals surface area contributed by atoms with Crippen LogP contribution in [0.5, 0.6) is 0 Å². The number of carbonyl (C=O) groups is 1. The van der Waals surface area contributed by atoms with Gasteiger partial charge in [0.2, 0.25) is 11.1 Å². The second-order valence-corrected chi connectivity index (χ2v) is 7.89. The number of amides is 1. The molecule has 2 N–H and O–H groups in total. The maximum Gasteiger partial charge on any atom is 0.230 e. The summed E-state index contributed by atoms with van der Waals surface area (Å²) in [5.74, 6) is 1.16. The second kappa shape index (κ2) is 8.48. The average molecular weight is 365 g/mol. The third kappa shape index (κ3) is 5.20. The summed E-state index contributed by atoms with van der Waals surface area (Å²) < 4.78 is 0. The first-order valence-electron chi connectivity index (χ1n) is 7.94. The number of aromatic amines is 1. The molecule has 2 aromatic heterocycles. The van der Waals surface area contributed by atoms with Gasteiger partial charge in [0, 0.05) is 23.7 Å². The molecule has 1 fully saturated rings. The fraction of sp³-hybridized carbons (Fsp3) is 0.533. The second-order valence-electron chi connectivity index (χ2n) is 5.68. The molecule has 128 valence electrons. The highest BCUT2D eigenvalue weighted by atomic mass is 32.2. The Labute approximate surface area is 149 Å². The van der Waals surface area contributed by atoms with Crippen molar-refractivity contribution in [2.45, 2.75) is 54.2 Å². The molecule has 0 bridgehead atoms. The molecule has 3 rings (SSSR count). The molecule has 0 unspecified atom stereocenters. The lowest BCUT2D eigenvalue weighted by Crippen LogP contribution is -2.39. The van der Waals surface area contributed by atoms with Crippen LogP contribution in [0.15, 0.2) is 28.8 Å². The van der Waals surface area contributed by atoms with Gasteiger partial charge in [-0.25, -0.2) is 15.0 Å². The molecule has 0 aliphatic heterocycles. The minimum Gasteiger partial charge on any atom is -0.353 e. The van der Waals surface area contributed by atoms with Crippen LogP contribution < -0.4 is 5.32 Å². The number of hydrogen-bond donors (Lipinski definition) is 2. The Morgan fingerprint density at radius 3 is 2.67 bits per heavy atom. The summed E-state index contributed by atoms with van der Waals surface area (Å²) in [7, 11) is 0. The topological polar surface area (TPSA) is 96.5 Å². The number of H-pyrrole nitrogens is 1. The number of hydrogen-bond acceptors (Lipinski definition) is 7. The molecule has 2 aromatic rings. The van der Waals surface area contributed by atoms with Crippen molar-refractivity contribution in [2.75, 3.05) is 5.75 Å². The number of thioether (sulfide) groups is 2. The first-order valence-corrected chi connectivity index (χ1v) is 9.80. The van der Waals surface area contributed by atoms with Gasteiger partial charge in [-0.3, -0.25) is 9.89 Å². The van der Waals surface area contributed by atoms with Gasteiger partial charge in [-0.15, -0.1) is 5.10 Å². The number of aryl methyl sites for hydroxylation is 1. The molecule has 0 aromatic carbocycles. The van der Waals surface area contributed by atoms with Crippen LogP contribution in [0.1, 0.15) is 31.5 Å². The minimum atomic E-state index is 0.0462.